The van der Waals surface area contributed by atoms with Crippen LogP contribution in [0.2, 0.25) is 0 Å². The largest absolute Gasteiger partial charge is 0.381 e. The van der Waals surface area contributed by atoms with Crippen LogP contribution in [0.15, 0.2) is 24.8 Å². The Morgan fingerprint density at radius 1 is 1.18 bits per heavy atom. The first kappa shape index (κ1) is 17.2. The van der Waals surface area contributed by atoms with Crippen molar-refractivity contribution in [3.63, 3.8) is 0 Å². The van der Waals surface area contributed by atoms with E-state index in [1.165, 1.54) is 5.56 Å². The summed E-state index contributed by atoms with van der Waals surface area (Å²) in [4.78, 5) is 30.4. The van der Waals surface area contributed by atoms with E-state index in [9.17, 15) is 4.79 Å². The number of pyridine rings is 1. The van der Waals surface area contributed by atoms with Crippen LogP contribution in [-0.4, -0.2) is 43.6 Å². The summed E-state index contributed by atoms with van der Waals surface area (Å²) < 4.78 is 7.53. The van der Waals surface area contributed by atoms with Crippen molar-refractivity contribution >= 4 is 17.1 Å². The third kappa shape index (κ3) is 3.24. The zero-order valence-electron chi connectivity index (χ0n) is 15.6. The average molecular weight is 378 g/mol. The van der Waals surface area contributed by atoms with Gasteiger partial charge < -0.3 is 14.6 Å². The highest BCUT2D eigenvalue weighted by Gasteiger charge is 2.19. The lowest BCUT2D eigenvalue weighted by Crippen LogP contribution is -2.24. The Kier molecular flexibility index (Phi) is 4.48. The van der Waals surface area contributed by atoms with E-state index in [1.54, 1.807) is 12.3 Å². The zero-order chi connectivity index (χ0) is 18.9. The van der Waals surface area contributed by atoms with Crippen molar-refractivity contribution in [1.29, 1.82) is 0 Å². The summed E-state index contributed by atoms with van der Waals surface area (Å²) in [5, 5.41) is 2.89. The molecular weight excluding hydrogens is 356 g/mol. The van der Waals surface area contributed by atoms with Gasteiger partial charge in [0.1, 0.15) is 11.3 Å². The first-order valence-electron chi connectivity index (χ1n) is 9.80. The minimum absolute atomic E-state index is 0.195. The first-order chi connectivity index (χ1) is 13.8. The molecule has 8 heteroatoms. The number of nitrogens with one attached hydrogen (secondary N) is 1. The van der Waals surface area contributed by atoms with Gasteiger partial charge in [-0.2, -0.15) is 0 Å². The van der Waals surface area contributed by atoms with Gasteiger partial charge in [0.25, 0.3) is 5.91 Å². The predicted octanol–water partition coefficient (Wildman–Crippen LogP) is 1.99. The quantitative estimate of drug-likeness (QED) is 0.746. The fourth-order valence-electron chi connectivity index (χ4n) is 3.98. The molecule has 3 aromatic rings. The van der Waals surface area contributed by atoms with Crippen LogP contribution in [-0.2, 0) is 24.1 Å². The van der Waals surface area contributed by atoms with Gasteiger partial charge in [0.15, 0.2) is 5.65 Å². The second-order valence-corrected chi connectivity index (χ2v) is 7.36. The summed E-state index contributed by atoms with van der Waals surface area (Å²) in [6.45, 7) is 1.83. The molecule has 144 valence electrons. The van der Waals surface area contributed by atoms with Gasteiger partial charge in [-0.1, -0.05) is 0 Å². The molecule has 5 rings (SSSR count). The molecule has 0 atom stereocenters. The molecule has 8 nitrogen and oxygen atoms in total. The van der Waals surface area contributed by atoms with E-state index in [0.717, 1.165) is 62.2 Å². The predicted molar refractivity (Wildman–Crippen MR) is 102 cm³/mol. The molecule has 28 heavy (non-hydrogen) atoms. The number of carbonyl (C=O) groups is 1. The number of ether oxygens (including phenoxy) is 1. The monoisotopic (exact) mass is 378 g/mol. The minimum atomic E-state index is -0.195. The highest BCUT2D eigenvalue weighted by Crippen LogP contribution is 2.24. The number of rotatable bonds is 4. The third-order valence-corrected chi connectivity index (χ3v) is 5.53. The van der Waals surface area contributed by atoms with E-state index < -0.39 is 0 Å². The first-order valence-corrected chi connectivity index (χ1v) is 9.80. The number of amides is 1. The van der Waals surface area contributed by atoms with E-state index in [-0.39, 0.29) is 5.91 Å². The van der Waals surface area contributed by atoms with Gasteiger partial charge >= 0.3 is 0 Å². The number of aromatic nitrogens is 5. The van der Waals surface area contributed by atoms with Gasteiger partial charge in [-0.15, -0.1) is 0 Å². The second kappa shape index (κ2) is 7.27. The van der Waals surface area contributed by atoms with Crippen LogP contribution >= 0.6 is 0 Å². The average Bonchev–Trinajstić information content (AvgIpc) is 3.38. The lowest BCUT2D eigenvalue weighted by molar-refractivity contribution is 0.0704. The molecule has 1 saturated heterocycles. The number of nitrogens with zero attached hydrogens (tertiary/aromatic N) is 5. The van der Waals surface area contributed by atoms with Crippen LogP contribution in [0.3, 0.4) is 0 Å². The van der Waals surface area contributed by atoms with Gasteiger partial charge in [0.05, 0.1) is 18.4 Å². The van der Waals surface area contributed by atoms with Gasteiger partial charge in [-0.25, -0.2) is 19.9 Å². The molecule has 1 aliphatic carbocycles. The maximum atomic E-state index is 12.5. The molecule has 4 heterocycles. The smallest absolute Gasteiger partial charge is 0.253 e. The molecule has 3 aromatic heterocycles. The molecule has 0 spiro atoms. The minimum Gasteiger partial charge on any atom is -0.381 e. The Hall–Kier alpha value is -2.87. The van der Waals surface area contributed by atoms with Crippen LogP contribution in [0.5, 0.6) is 0 Å². The number of fused-ring (bicyclic) bond motifs is 2. The molecule has 0 radical (unpaired) electrons. The lowest BCUT2D eigenvalue weighted by Gasteiger charge is -2.23. The topological polar surface area (TPSA) is 94.8 Å². The van der Waals surface area contributed by atoms with E-state index >= 15 is 0 Å². The summed E-state index contributed by atoms with van der Waals surface area (Å²) in [5.41, 5.74) is 4.37. The maximum Gasteiger partial charge on any atom is 0.253 e. The highest BCUT2D eigenvalue weighted by atomic mass is 16.5. The molecule has 1 N–H and O–H groups in total. The molecule has 1 fully saturated rings. The Morgan fingerprint density at radius 2 is 2.07 bits per heavy atom. The summed E-state index contributed by atoms with van der Waals surface area (Å²) in [6.07, 6.45) is 10.4. The normalized spacial score (nSPS) is 17.0. The Balaban J connectivity index is 1.29. The highest BCUT2D eigenvalue weighted by molar-refractivity contribution is 5.96. The Labute approximate surface area is 162 Å². The number of hydrogen-bond donors (Lipinski definition) is 1. The van der Waals surface area contributed by atoms with Crippen LogP contribution in [0.4, 0.5) is 0 Å². The van der Waals surface area contributed by atoms with Crippen molar-refractivity contribution in [3.05, 3.63) is 47.4 Å². The molecule has 2 aliphatic rings. The van der Waals surface area contributed by atoms with Gasteiger partial charge in [-0.05, 0) is 43.7 Å². The van der Waals surface area contributed by atoms with Gasteiger partial charge in [0.2, 0.25) is 0 Å². The maximum absolute atomic E-state index is 12.5. The molecule has 0 bridgehead atoms. The van der Waals surface area contributed by atoms with Gasteiger partial charge in [-0.3, -0.25) is 4.79 Å². The number of hydrogen-bond acceptors (Lipinski definition) is 6. The zero-order valence-corrected chi connectivity index (χ0v) is 15.6. The van der Waals surface area contributed by atoms with Crippen molar-refractivity contribution in [2.45, 2.75) is 44.7 Å². The summed E-state index contributed by atoms with van der Waals surface area (Å²) >= 11 is 0. The van der Waals surface area contributed by atoms with Crippen molar-refractivity contribution in [1.82, 2.24) is 29.8 Å². The summed E-state index contributed by atoms with van der Waals surface area (Å²) in [7, 11) is 0. The molecule has 1 aliphatic heterocycles. The Bertz CT molecular complexity index is 1020. The van der Waals surface area contributed by atoms with Crippen molar-refractivity contribution in [2.75, 3.05) is 13.2 Å². The van der Waals surface area contributed by atoms with Crippen LogP contribution in [0.25, 0.3) is 11.2 Å². The molecule has 0 unspecified atom stereocenters. The van der Waals surface area contributed by atoms with E-state index in [2.05, 4.69) is 29.8 Å². The third-order valence-electron chi connectivity index (χ3n) is 5.53. The van der Waals surface area contributed by atoms with Crippen LogP contribution in [0, 0.1) is 0 Å². The number of aryl methyl sites for hydroxylation is 2. The molecule has 0 aromatic carbocycles. The van der Waals surface area contributed by atoms with E-state index in [0.29, 0.717) is 24.0 Å². The lowest BCUT2D eigenvalue weighted by atomic mass is 10.1. The summed E-state index contributed by atoms with van der Waals surface area (Å²) in [5.74, 6) is 0.450. The van der Waals surface area contributed by atoms with E-state index in [1.807, 2.05) is 12.5 Å². The SMILES string of the molecule is O=C(NCc1ncc2c(n1)CCC2)c1cnc2c(c1)ncn2C1CCOCC1. The van der Waals surface area contributed by atoms with Crippen LogP contribution in [0.1, 0.15) is 52.7 Å². The molecule has 1 amide bonds. The summed E-state index contributed by atoms with van der Waals surface area (Å²) in [6, 6.07) is 2.14. The second-order valence-electron chi connectivity index (χ2n) is 7.36. The van der Waals surface area contributed by atoms with Crippen LogP contribution < -0.4 is 5.32 Å². The Morgan fingerprint density at radius 3 is 2.96 bits per heavy atom. The van der Waals surface area contributed by atoms with Crippen molar-refractivity contribution in [3.8, 4) is 0 Å². The standard InChI is InChI=1S/C20H22N6O2/c27-20(23-11-18-21-9-13-2-1-3-16(13)25-18)14-8-17-19(22-10-14)26(12-24-17)15-4-6-28-7-5-15/h8-10,12,15H,1-7,11H2,(H,23,27). The molecule has 0 saturated carbocycles. The number of carbonyl (C=O) groups excluding carboxylic acids is 1. The fourth-order valence-corrected chi connectivity index (χ4v) is 3.98. The van der Waals surface area contributed by atoms with Gasteiger partial charge in [0, 0.05) is 37.3 Å². The fraction of sp³-hybridized carbons (Fsp3) is 0.450. The molecular formula is C20H22N6O2. The van der Waals surface area contributed by atoms with Crippen molar-refractivity contribution < 1.29 is 9.53 Å². The van der Waals surface area contributed by atoms with E-state index in [4.69, 9.17) is 4.74 Å². The number of imidazole rings is 1. The van der Waals surface area contributed by atoms with Crippen molar-refractivity contribution in [2.24, 2.45) is 0 Å².